The fourth-order valence-corrected chi connectivity index (χ4v) is 3.81. The number of hydrogen-bond donors (Lipinski definition) is 2. The van der Waals surface area contributed by atoms with Crippen molar-refractivity contribution in [3.63, 3.8) is 0 Å². The average molecular weight is 526 g/mol. The summed E-state index contributed by atoms with van der Waals surface area (Å²) in [6.45, 7) is 1.72. The van der Waals surface area contributed by atoms with Gasteiger partial charge in [0.05, 0.1) is 20.6 Å². The third kappa shape index (κ3) is 7.73. The molecule has 202 valence electrons. The number of hydrogen-bond acceptors (Lipinski definition) is 8. The predicted octanol–water partition coefficient (Wildman–Crippen LogP) is 1.52. The number of nitrogens with zero attached hydrogens (tertiary/aromatic N) is 1. The number of esters is 1. The van der Waals surface area contributed by atoms with Crippen molar-refractivity contribution in [1.82, 2.24) is 15.5 Å². The molecule has 38 heavy (non-hydrogen) atoms. The van der Waals surface area contributed by atoms with Gasteiger partial charge in [-0.25, -0.2) is 0 Å². The Kier molecular flexibility index (Phi) is 10.1. The zero-order valence-electron chi connectivity index (χ0n) is 21.5. The number of benzene rings is 2. The van der Waals surface area contributed by atoms with E-state index in [1.54, 1.807) is 30.3 Å². The van der Waals surface area contributed by atoms with E-state index in [9.17, 15) is 19.2 Å². The topological polar surface area (TPSA) is 132 Å². The molecule has 0 radical (unpaired) electrons. The number of para-hydroxylation sites is 1. The van der Waals surface area contributed by atoms with Crippen molar-refractivity contribution in [3.05, 3.63) is 59.8 Å². The standard InChI is InChI=1S/C27H31N3O8/c1-18(31)29-21(15-19-9-10-23(35-2)24(16-19)36-3)27(34)30-12-11-28-26(33)22(30)17-25(32)38-14-13-37-20-7-5-4-6-8-20/h4-10,15-16,22H,11-14,17H2,1-3H3,(H,28,33)(H,29,31). The number of amides is 3. The molecule has 1 heterocycles. The summed E-state index contributed by atoms with van der Waals surface area (Å²) < 4.78 is 21.3. The third-order valence-electron chi connectivity index (χ3n) is 5.57. The van der Waals surface area contributed by atoms with Crippen LogP contribution < -0.4 is 24.8 Å². The van der Waals surface area contributed by atoms with Crippen LogP contribution in [0.15, 0.2) is 54.2 Å². The minimum atomic E-state index is -1.11. The Labute approximate surface area is 220 Å². The van der Waals surface area contributed by atoms with Crippen molar-refractivity contribution >= 4 is 29.8 Å². The van der Waals surface area contributed by atoms with E-state index in [4.69, 9.17) is 18.9 Å². The monoisotopic (exact) mass is 525 g/mol. The van der Waals surface area contributed by atoms with Crippen molar-refractivity contribution in [2.24, 2.45) is 0 Å². The molecule has 3 rings (SSSR count). The van der Waals surface area contributed by atoms with Gasteiger partial charge in [-0.3, -0.25) is 19.2 Å². The molecule has 0 spiro atoms. The van der Waals surface area contributed by atoms with Crippen molar-refractivity contribution in [3.8, 4) is 17.2 Å². The largest absolute Gasteiger partial charge is 0.493 e. The van der Waals surface area contributed by atoms with Gasteiger partial charge in [0.1, 0.15) is 30.7 Å². The van der Waals surface area contributed by atoms with Gasteiger partial charge in [0.25, 0.3) is 5.91 Å². The van der Waals surface area contributed by atoms with Crippen molar-refractivity contribution in [1.29, 1.82) is 0 Å². The molecule has 1 aliphatic heterocycles. The van der Waals surface area contributed by atoms with E-state index in [2.05, 4.69) is 10.6 Å². The molecule has 0 saturated carbocycles. The van der Waals surface area contributed by atoms with Crippen LogP contribution in [0.3, 0.4) is 0 Å². The fraction of sp³-hybridized carbons (Fsp3) is 0.333. The zero-order valence-corrected chi connectivity index (χ0v) is 21.5. The van der Waals surface area contributed by atoms with Crippen LogP contribution >= 0.6 is 0 Å². The lowest BCUT2D eigenvalue weighted by Crippen LogP contribution is -2.58. The van der Waals surface area contributed by atoms with Gasteiger partial charge in [0, 0.05) is 20.0 Å². The molecule has 11 heteroatoms. The Morgan fingerprint density at radius 3 is 2.47 bits per heavy atom. The summed E-state index contributed by atoms with van der Waals surface area (Å²) in [5.41, 5.74) is 0.490. The Bertz CT molecular complexity index is 1180. The van der Waals surface area contributed by atoms with Gasteiger partial charge in [-0.05, 0) is 35.9 Å². The van der Waals surface area contributed by atoms with E-state index < -0.39 is 29.7 Å². The first kappa shape index (κ1) is 28.0. The maximum Gasteiger partial charge on any atom is 0.308 e. The number of methoxy groups -OCH3 is 2. The van der Waals surface area contributed by atoms with Crippen LogP contribution in [0.1, 0.15) is 18.9 Å². The highest BCUT2D eigenvalue weighted by molar-refractivity contribution is 6.03. The van der Waals surface area contributed by atoms with Crippen LogP contribution in [0.2, 0.25) is 0 Å². The molecule has 0 bridgehead atoms. The average Bonchev–Trinajstić information content (AvgIpc) is 2.91. The van der Waals surface area contributed by atoms with E-state index >= 15 is 0 Å². The van der Waals surface area contributed by atoms with E-state index in [0.29, 0.717) is 22.8 Å². The number of piperazine rings is 1. The number of carbonyl (C=O) groups is 4. The molecule has 0 aromatic heterocycles. The molecule has 0 aliphatic carbocycles. The van der Waals surface area contributed by atoms with E-state index in [1.165, 1.54) is 32.1 Å². The van der Waals surface area contributed by atoms with Gasteiger partial charge in [0.15, 0.2) is 11.5 Å². The Hall–Kier alpha value is -4.54. The molecule has 1 saturated heterocycles. The second-order valence-corrected chi connectivity index (χ2v) is 8.25. The molecular weight excluding hydrogens is 494 g/mol. The maximum absolute atomic E-state index is 13.5. The zero-order chi connectivity index (χ0) is 27.5. The molecule has 1 aliphatic rings. The molecule has 3 amide bonds. The summed E-state index contributed by atoms with van der Waals surface area (Å²) in [6.07, 6.45) is 1.11. The fourth-order valence-electron chi connectivity index (χ4n) is 3.81. The van der Waals surface area contributed by atoms with Gasteiger partial charge in [0.2, 0.25) is 11.8 Å². The smallest absolute Gasteiger partial charge is 0.308 e. The molecule has 1 unspecified atom stereocenters. The van der Waals surface area contributed by atoms with Gasteiger partial charge >= 0.3 is 5.97 Å². The van der Waals surface area contributed by atoms with Crippen molar-refractivity contribution in [2.75, 3.05) is 40.5 Å². The number of nitrogens with one attached hydrogen (secondary N) is 2. The predicted molar refractivity (Wildman–Crippen MR) is 137 cm³/mol. The number of carbonyl (C=O) groups excluding carboxylic acids is 4. The summed E-state index contributed by atoms with van der Waals surface area (Å²) >= 11 is 0. The van der Waals surface area contributed by atoms with Gasteiger partial charge < -0.3 is 34.5 Å². The van der Waals surface area contributed by atoms with Crippen LogP contribution in [-0.2, 0) is 23.9 Å². The molecule has 2 aromatic carbocycles. The minimum Gasteiger partial charge on any atom is -0.493 e. The second-order valence-electron chi connectivity index (χ2n) is 8.25. The first-order valence-corrected chi connectivity index (χ1v) is 12.0. The Morgan fingerprint density at radius 1 is 1.05 bits per heavy atom. The molecule has 2 aromatic rings. The first-order chi connectivity index (χ1) is 18.3. The molecule has 2 N–H and O–H groups in total. The van der Waals surface area contributed by atoms with Crippen LogP contribution in [-0.4, -0.2) is 75.2 Å². The van der Waals surface area contributed by atoms with Crippen LogP contribution in [0.5, 0.6) is 17.2 Å². The lowest BCUT2D eigenvalue weighted by molar-refractivity contribution is -0.151. The molecule has 11 nitrogen and oxygen atoms in total. The Morgan fingerprint density at radius 2 is 1.79 bits per heavy atom. The van der Waals surface area contributed by atoms with E-state index in [-0.39, 0.29) is 38.4 Å². The summed E-state index contributed by atoms with van der Waals surface area (Å²) in [7, 11) is 2.98. The van der Waals surface area contributed by atoms with Crippen molar-refractivity contribution in [2.45, 2.75) is 19.4 Å². The molecule has 1 fully saturated rings. The minimum absolute atomic E-state index is 0.0215. The van der Waals surface area contributed by atoms with E-state index in [1.807, 2.05) is 18.2 Å². The quantitative estimate of drug-likeness (QED) is 0.256. The third-order valence-corrected chi connectivity index (χ3v) is 5.57. The van der Waals surface area contributed by atoms with Crippen LogP contribution in [0, 0.1) is 0 Å². The molecular formula is C27H31N3O8. The number of ether oxygens (including phenoxy) is 4. The van der Waals surface area contributed by atoms with Gasteiger partial charge in [-0.2, -0.15) is 0 Å². The summed E-state index contributed by atoms with van der Waals surface area (Å²) in [5, 5.41) is 5.20. The van der Waals surface area contributed by atoms with E-state index in [0.717, 1.165) is 0 Å². The Balaban J connectivity index is 1.72. The maximum atomic E-state index is 13.5. The van der Waals surface area contributed by atoms with Crippen LogP contribution in [0.4, 0.5) is 0 Å². The summed E-state index contributed by atoms with van der Waals surface area (Å²) in [4.78, 5) is 51.8. The summed E-state index contributed by atoms with van der Waals surface area (Å²) in [5.74, 6) is -0.667. The number of rotatable bonds is 11. The SMILES string of the molecule is COc1ccc(C=C(NC(C)=O)C(=O)N2CCNC(=O)C2CC(=O)OCCOc2ccccc2)cc1OC. The highest BCUT2D eigenvalue weighted by Gasteiger charge is 2.36. The lowest BCUT2D eigenvalue weighted by atomic mass is 10.1. The summed E-state index contributed by atoms with van der Waals surface area (Å²) in [6, 6.07) is 12.9. The van der Waals surface area contributed by atoms with Crippen LogP contribution in [0.25, 0.3) is 6.08 Å². The second kappa shape index (κ2) is 13.7. The normalized spacial score (nSPS) is 15.2. The van der Waals surface area contributed by atoms with Gasteiger partial charge in [-0.1, -0.05) is 24.3 Å². The first-order valence-electron chi connectivity index (χ1n) is 12.0. The highest BCUT2D eigenvalue weighted by Crippen LogP contribution is 2.28. The van der Waals surface area contributed by atoms with Gasteiger partial charge in [-0.15, -0.1) is 0 Å². The highest BCUT2D eigenvalue weighted by atomic mass is 16.6. The molecule has 1 atom stereocenters. The van der Waals surface area contributed by atoms with Crippen molar-refractivity contribution < 1.29 is 38.1 Å². The lowest BCUT2D eigenvalue weighted by Gasteiger charge is -2.35.